The van der Waals surface area contributed by atoms with E-state index < -0.39 is 0 Å². The molecule has 7 heteroatoms. The van der Waals surface area contributed by atoms with Gasteiger partial charge in [-0.3, -0.25) is 9.59 Å². The van der Waals surface area contributed by atoms with E-state index in [1.54, 1.807) is 28.0 Å². The van der Waals surface area contributed by atoms with Crippen LogP contribution in [0.25, 0.3) is 10.1 Å². The van der Waals surface area contributed by atoms with E-state index >= 15 is 0 Å². The first-order chi connectivity index (χ1) is 16.6. The van der Waals surface area contributed by atoms with Crippen molar-refractivity contribution in [3.05, 3.63) is 101 Å². The lowest BCUT2D eigenvalue weighted by Crippen LogP contribution is -2.50. The molecule has 5 rings (SSSR count). The van der Waals surface area contributed by atoms with Crippen LogP contribution in [0.3, 0.4) is 0 Å². The Hall–Kier alpha value is -3.71. The van der Waals surface area contributed by atoms with Gasteiger partial charge in [-0.25, -0.2) is 4.39 Å². The SMILES string of the molecule is O=C(c1ccccc1)N1CCN(C(=O)c2sc3cccc(F)c3c2COc2ccccc2)CC1. The van der Waals surface area contributed by atoms with Crippen LogP contribution in [0.5, 0.6) is 5.75 Å². The molecule has 0 radical (unpaired) electrons. The van der Waals surface area contributed by atoms with Crippen molar-refractivity contribution in [2.75, 3.05) is 26.2 Å². The summed E-state index contributed by atoms with van der Waals surface area (Å²) in [6.45, 7) is 1.85. The fourth-order valence-electron chi connectivity index (χ4n) is 4.17. The molecule has 2 amide bonds. The van der Waals surface area contributed by atoms with Gasteiger partial charge in [0.15, 0.2) is 0 Å². The van der Waals surface area contributed by atoms with Gasteiger partial charge in [0.2, 0.25) is 0 Å². The lowest BCUT2D eigenvalue weighted by molar-refractivity contribution is 0.0537. The van der Waals surface area contributed by atoms with Crippen molar-refractivity contribution in [3.63, 3.8) is 0 Å². The number of rotatable bonds is 5. The number of hydrogen-bond acceptors (Lipinski definition) is 4. The average Bonchev–Trinajstić information content (AvgIpc) is 3.27. The van der Waals surface area contributed by atoms with Crippen molar-refractivity contribution in [2.24, 2.45) is 0 Å². The normalized spacial score (nSPS) is 13.8. The number of fused-ring (bicyclic) bond motifs is 1. The molecular formula is C27H23FN2O3S. The predicted octanol–water partition coefficient (Wildman–Crippen LogP) is 5.22. The number of ether oxygens (including phenoxy) is 1. The number of halogens is 1. The molecule has 1 aliphatic heterocycles. The quantitative estimate of drug-likeness (QED) is 0.399. The Balaban J connectivity index is 1.36. The number of nitrogens with zero attached hydrogens (tertiary/aromatic N) is 2. The van der Waals surface area contributed by atoms with Crippen molar-refractivity contribution >= 4 is 33.2 Å². The van der Waals surface area contributed by atoms with Crippen molar-refractivity contribution in [1.29, 1.82) is 0 Å². The number of piperazine rings is 1. The Morgan fingerprint density at radius 2 is 1.41 bits per heavy atom. The number of amides is 2. The molecule has 5 nitrogen and oxygen atoms in total. The van der Waals surface area contributed by atoms with E-state index in [4.69, 9.17) is 4.74 Å². The standard InChI is InChI=1S/C27H23FN2O3S/c28-22-12-7-13-23-24(22)21(18-33-20-10-5-2-6-11-20)25(34-23)27(32)30-16-14-29(15-17-30)26(31)19-8-3-1-4-9-19/h1-13H,14-18H2. The largest absolute Gasteiger partial charge is 0.489 e. The summed E-state index contributed by atoms with van der Waals surface area (Å²) in [4.78, 5) is 30.2. The summed E-state index contributed by atoms with van der Waals surface area (Å²) in [6.07, 6.45) is 0. The van der Waals surface area contributed by atoms with Gasteiger partial charge in [-0.15, -0.1) is 11.3 Å². The fourth-order valence-corrected chi connectivity index (χ4v) is 5.36. The summed E-state index contributed by atoms with van der Waals surface area (Å²) in [5.41, 5.74) is 1.21. The van der Waals surface area contributed by atoms with Crippen LogP contribution < -0.4 is 4.74 Å². The smallest absolute Gasteiger partial charge is 0.264 e. The molecule has 0 aliphatic carbocycles. The number of hydrogen-bond donors (Lipinski definition) is 0. The minimum atomic E-state index is -0.363. The van der Waals surface area contributed by atoms with Crippen molar-refractivity contribution in [1.82, 2.24) is 9.80 Å². The number of thiophene rings is 1. The molecule has 0 bridgehead atoms. The van der Waals surface area contributed by atoms with Crippen LogP contribution in [0, 0.1) is 5.82 Å². The van der Waals surface area contributed by atoms with Gasteiger partial charge in [0.1, 0.15) is 18.2 Å². The first kappa shape index (κ1) is 22.1. The molecule has 34 heavy (non-hydrogen) atoms. The van der Waals surface area contributed by atoms with Crippen LogP contribution in [0.1, 0.15) is 25.6 Å². The first-order valence-corrected chi connectivity index (χ1v) is 11.9. The van der Waals surface area contributed by atoms with Crippen LogP contribution in [-0.2, 0) is 6.61 Å². The number of carbonyl (C=O) groups excluding carboxylic acids is 2. The highest BCUT2D eigenvalue weighted by atomic mass is 32.1. The number of para-hydroxylation sites is 1. The molecule has 1 fully saturated rings. The maximum absolute atomic E-state index is 14.8. The second kappa shape index (κ2) is 9.65. The maximum Gasteiger partial charge on any atom is 0.264 e. The van der Waals surface area contributed by atoms with Crippen LogP contribution in [0.15, 0.2) is 78.9 Å². The summed E-state index contributed by atoms with van der Waals surface area (Å²) >= 11 is 1.29. The van der Waals surface area contributed by atoms with E-state index in [1.807, 2.05) is 54.6 Å². The van der Waals surface area contributed by atoms with Gasteiger partial charge in [-0.1, -0.05) is 42.5 Å². The summed E-state index contributed by atoms with van der Waals surface area (Å²) in [5.74, 6) is 0.106. The van der Waals surface area contributed by atoms with Gasteiger partial charge in [0.25, 0.3) is 11.8 Å². The summed E-state index contributed by atoms with van der Waals surface area (Å²) in [7, 11) is 0. The third kappa shape index (κ3) is 4.39. The topological polar surface area (TPSA) is 49.9 Å². The second-order valence-corrected chi connectivity index (χ2v) is 9.13. The Kier molecular flexibility index (Phi) is 6.27. The van der Waals surface area contributed by atoms with E-state index in [0.29, 0.717) is 58.0 Å². The molecule has 3 aromatic carbocycles. The third-order valence-corrected chi connectivity index (χ3v) is 7.14. The van der Waals surface area contributed by atoms with Gasteiger partial charge < -0.3 is 14.5 Å². The van der Waals surface area contributed by atoms with E-state index in [9.17, 15) is 14.0 Å². The van der Waals surface area contributed by atoms with E-state index in [-0.39, 0.29) is 24.2 Å². The van der Waals surface area contributed by atoms with Crippen molar-refractivity contribution in [3.8, 4) is 5.75 Å². The first-order valence-electron chi connectivity index (χ1n) is 11.1. The minimum absolute atomic E-state index is 0.0337. The highest BCUT2D eigenvalue weighted by Crippen LogP contribution is 2.35. The second-order valence-electron chi connectivity index (χ2n) is 8.07. The van der Waals surface area contributed by atoms with Gasteiger partial charge in [-0.2, -0.15) is 0 Å². The molecule has 0 atom stereocenters. The fraction of sp³-hybridized carbons (Fsp3) is 0.185. The third-order valence-electron chi connectivity index (χ3n) is 5.96. The zero-order chi connectivity index (χ0) is 23.5. The lowest BCUT2D eigenvalue weighted by atomic mass is 10.1. The molecule has 172 valence electrons. The van der Waals surface area contributed by atoms with Gasteiger partial charge in [0.05, 0.1) is 4.88 Å². The van der Waals surface area contributed by atoms with Gasteiger partial charge in [0, 0.05) is 47.4 Å². The number of carbonyl (C=O) groups is 2. The molecule has 2 heterocycles. The molecule has 4 aromatic rings. The van der Waals surface area contributed by atoms with Gasteiger partial charge in [-0.05, 0) is 36.4 Å². The highest BCUT2D eigenvalue weighted by Gasteiger charge is 2.29. The van der Waals surface area contributed by atoms with E-state index in [0.717, 1.165) is 0 Å². The monoisotopic (exact) mass is 474 g/mol. The van der Waals surface area contributed by atoms with E-state index in [1.165, 1.54) is 17.4 Å². The Morgan fingerprint density at radius 3 is 2.09 bits per heavy atom. The Labute approximate surface area is 201 Å². The molecule has 0 unspecified atom stereocenters. The highest BCUT2D eigenvalue weighted by molar-refractivity contribution is 7.21. The van der Waals surface area contributed by atoms with E-state index in [2.05, 4.69) is 0 Å². The molecule has 0 saturated carbocycles. The minimum Gasteiger partial charge on any atom is -0.489 e. The molecule has 1 aliphatic rings. The van der Waals surface area contributed by atoms with Crippen LogP contribution in [0.2, 0.25) is 0 Å². The van der Waals surface area contributed by atoms with Crippen LogP contribution in [0.4, 0.5) is 4.39 Å². The Bertz CT molecular complexity index is 1320. The zero-order valence-electron chi connectivity index (χ0n) is 18.4. The van der Waals surface area contributed by atoms with Crippen molar-refractivity contribution in [2.45, 2.75) is 6.61 Å². The number of benzene rings is 3. The maximum atomic E-state index is 14.8. The van der Waals surface area contributed by atoms with Crippen LogP contribution in [-0.4, -0.2) is 47.8 Å². The Morgan fingerprint density at radius 1 is 0.794 bits per heavy atom. The van der Waals surface area contributed by atoms with Crippen LogP contribution >= 0.6 is 11.3 Å². The summed E-state index contributed by atoms with van der Waals surface area (Å²) in [5, 5.41) is 0.435. The molecule has 1 aromatic heterocycles. The predicted molar refractivity (Wildman–Crippen MR) is 131 cm³/mol. The molecule has 1 saturated heterocycles. The average molecular weight is 475 g/mol. The summed E-state index contributed by atoms with van der Waals surface area (Å²) < 4.78 is 21.4. The molecular weight excluding hydrogens is 451 g/mol. The molecule has 0 spiro atoms. The lowest BCUT2D eigenvalue weighted by Gasteiger charge is -2.34. The summed E-state index contributed by atoms with van der Waals surface area (Å²) in [6, 6.07) is 23.3. The zero-order valence-corrected chi connectivity index (χ0v) is 19.3. The van der Waals surface area contributed by atoms with Crippen molar-refractivity contribution < 1.29 is 18.7 Å². The van der Waals surface area contributed by atoms with Gasteiger partial charge >= 0.3 is 0 Å². The molecule has 0 N–H and O–H groups in total.